The number of aromatic nitrogens is 1. The van der Waals surface area contributed by atoms with Crippen molar-refractivity contribution < 1.29 is 22.4 Å². The van der Waals surface area contributed by atoms with E-state index in [1.165, 1.54) is 36.4 Å². The summed E-state index contributed by atoms with van der Waals surface area (Å²) in [7, 11) is 0. The van der Waals surface area contributed by atoms with Crippen molar-refractivity contribution in [1.82, 2.24) is 10.3 Å². The molecule has 0 unspecified atom stereocenters. The molecule has 0 spiro atoms. The number of carbonyl (C=O) groups is 1. The van der Waals surface area contributed by atoms with Crippen molar-refractivity contribution in [1.29, 1.82) is 0 Å². The van der Waals surface area contributed by atoms with Crippen molar-refractivity contribution >= 4 is 16.8 Å². The first kappa shape index (κ1) is 17.0. The van der Waals surface area contributed by atoms with Gasteiger partial charge < -0.3 is 10.3 Å². The quantitative estimate of drug-likeness (QED) is 0.677. The molecule has 1 amide bonds. The summed E-state index contributed by atoms with van der Waals surface area (Å²) < 4.78 is 52.4. The van der Waals surface area contributed by atoms with Gasteiger partial charge in [-0.3, -0.25) is 4.79 Å². The molecule has 1 heterocycles. The van der Waals surface area contributed by atoms with Crippen molar-refractivity contribution in [2.24, 2.45) is 0 Å². The third-order valence-electron chi connectivity index (χ3n) is 3.86. The van der Waals surface area contributed by atoms with E-state index in [2.05, 4.69) is 10.3 Å². The van der Waals surface area contributed by atoms with Crippen LogP contribution in [0.25, 0.3) is 10.9 Å². The van der Waals surface area contributed by atoms with Gasteiger partial charge in [0.05, 0.1) is 5.56 Å². The predicted octanol–water partition coefficient (Wildman–Crippen LogP) is 4.30. The fraction of sp³-hybridized carbons (Fsp3) is 0.167. The van der Waals surface area contributed by atoms with E-state index in [1.54, 1.807) is 6.07 Å². The Labute approximate surface area is 140 Å². The highest BCUT2D eigenvalue weighted by molar-refractivity contribution is 5.98. The molecule has 0 saturated heterocycles. The second-order valence-electron chi connectivity index (χ2n) is 5.54. The maximum atomic E-state index is 13.6. The van der Waals surface area contributed by atoms with Crippen molar-refractivity contribution in [3.05, 3.63) is 71.2 Å². The Morgan fingerprint density at radius 2 is 1.84 bits per heavy atom. The van der Waals surface area contributed by atoms with Gasteiger partial charge >= 0.3 is 6.18 Å². The molecule has 2 N–H and O–H groups in total. The number of hydrogen-bond donors (Lipinski definition) is 2. The lowest BCUT2D eigenvalue weighted by Gasteiger charge is -2.12. The topological polar surface area (TPSA) is 44.9 Å². The predicted molar refractivity (Wildman–Crippen MR) is 85.7 cm³/mol. The summed E-state index contributed by atoms with van der Waals surface area (Å²) in [5.41, 5.74) is 0.0340. The van der Waals surface area contributed by atoms with Gasteiger partial charge in [0.15, 0.2) is 0 Å². The maximum absolute atomic E-state index is 13.6. The Morgan fingerprint density at radius 3 is 2.56 bits per heavy atom. The number of nitrogens with one attached hydrogen (secondary N) is 2. The van der Waals surface area contributed by atoms with Gasteiger partial charge in [-0.15, -0.1) is 0 Å². The zero-order valence-corrected chi connectivity index (χ0v) is 13.0. The minimum absolute atomic E-state index is 0.0315. The number of alkyl halides is 3. The molecule has 0 atom stereocenters. The summed E-state index contributed by atoms with van der Waals surface area (Å²) in [4.78, 5) is 14.9. The van der Waals surface area contributed by atoms with Gasteiger partial charge in [-0.05, 0) is 36.2 Å². The fourth-order valence-corrected chi connectivity index (χ4v) is 2.66. The Kier molecular flexibility index (Phi) is 4.48. The molecule has 130 valence electrons. The van der Waals surface area contributed by atoms with E-state index in [0.717, 1.165) is 6.07 Å². The largest absolute Gasteiger partial charge is 0.416 e. The smallest absolute Gasteiger partial charge is 0.350 e. The molecule has 25 heavy (non-hydrogen) atoms. The third-order valence-corrected chi connectivity index (χ3v) is 3.86. The molecule has 7 heteroatoms. The average molecular weight is 350 g/mol. The second-order valence-corrected chi connectivity index (χ2v) is 5.54. The van der Waals surface area contributed by atoms with E-state index in [4.69, 9.17) is 0 Å². The molecule has 0 aliphatic heterocycles. The number of H-pyrrole nitrogens is 1. The van der Waals surface area contributed by atoms with Crippen molar-refractivity contribution in [2.75, 3.05) is 6.54 Å². The van der Waals surface area contributed by atoms with E-state index >= 15 is 0 Å². The highest BCUT2D eigenvalue weighted by atomic mass is 19.4. The molecule has 0 aliphatic rings. The van der Waals surface area contributed by atoms with Crippen LogP contribution in [0.4, 0.5) is 17.6 Å². The number of aromatic amines is 1. The monoisotopic (exact) mass is 350 g/mol. The van der Waals surface area contributed by atoms with Crippen LogP contribution in [0.3, 0.4) is 0 Å². The van der Waals surface area contributed by atoms with Crippen LogP contribution in [0.15, 0.2) is 48.5 Å². The Morgan fingerprint density at radius 1 is 1.08 bits per heavy atom. The van der Waals surface area contributed by atoms with Crippen LogP contribution >= 0.6 is 0 Å². The highest BCUT2D eigenvalue weighted by Gasteiger charge is 2.32. The van der Waals surface area contributed by atoms with Gasteiger partial charge in [0.2, 0.25) is 0 Å². The molecule has 0 saturated carbocycles. The summed E-state index contributed by atoms with van der Waals surface area (Å²) in [5.74, 6) is -0.952. The lowest BCUT2D eigenvalue weighted by molar-refractivity contribution is -0.138. The molecule has 0 fully saturated rings. The van der Waals surface area contributed by atoms with E-state index < -0.39 is 23.5 Å². The second kappa shape index (κ2) is 6.58. The van der Waals surface area contributed by atoms with E-state index in [1.807, 2.05) is 0 Å². The number of hydrogen-bond acceptors (Lipinski definition) is 1. The van der Waals surface area contributed by atoms with Crippen molar-refractivity contribution in [3.63, 3.8) is 0 Å². The average Bonchev–Trinajstić information content (AvgIpc) is 3.00. The van der Waals surface area contributed by atoms with Crippen LogP contribution in [0.2, 0.25) is 0 Å². The standard InChI is InChI=1S/C18H14F4N2O/c19-14-6-3-7-15-12(14)10-16(24-15)17(25)23-9-8-11-4-1-2-5-13(11)18(20,21)22/h1-7,10,24H,8-9H2,(H,23,25). The number of fused-ring (bicyclic) bond motifs is 1. The molecular weight excluding hydrogens is 336 g/mol. The van der Waals surface area contributed by atoms with Crippen LogP contribution < -0.4 is 5.32 Å². The fourth-order valence-electron chi connectivity index (χ4n) is 2.66. The molecule has 0 bridgehead atoms. The first-order valence-corrected chi connectivity index (χ1v) is 7.57. The third kappa shape index (κ3) is 3.65. The zero-order valence-electron chi connectivity index (χ0n) is 13.0. The lowest BCUT2D eigenvalue weighted by atomic mass is 10.0. The molecule has 0 aliphatic carbocycles. The maximum Gasteiger partial charge on any atom is 0.416 e. The first-order chi connectivity index (χ1) is 11.9. The van der Waals surface area contributed by atoms with Crippen molar-refractivity contribution in [3.8, 4) is 0 Å². The normalized spacial score (nSPS) is 11.7. The molecule has 3 nitrogen and oxygen atoms in total. The summed E-state index contributed by atoms with van der Waals surface area (Å²) >= 11 is 0. The van der Waals surface area contributed by atoms with Crippen molar-refractivity contribution in [2.45, 2.75) is 12.6 Å². The van der Waals surface area contributed by atoms with Crippen LogP contribution in [-0.2, 0) is 12.6 Å². The van der Waals surface area contributed by atoms with Gasteiger partial charge in [0, 0.05) is 17.4 Å². The van der Waals surface area contributed by atoms with E-state index in [0.29, 0.717) is 5.52 Å². The minimum atomic E-state index is -4.44. The van der Waals surface area contributed by atoms with E-state index in [9.17, 15) is 22.4 Å². The summed E-state index contributed by atoms with van der Waals surface area (Å²) in [6.45, 7) is 0.0315. The Bertz CT molecular complexity index is 915. The van der Waals surface area contributed by atoms with Gasteiger partial charge in [0.25, 0.3) is 5.91 Å². The minimum Gasteiger partial charge on any atom is -0.350 e. The molecule has 3 aromatic rings. The summed E-state index contributed by atoms with van der Waals surface area (Å²) in [6.07, 6.45) is -4.40. The lowest BCUT2D eigenvalue weighted by Crippen LogP contribution is -2.26. The summed E-state index contributed by atoms with van der Waals surface area (Å²) in [6, 6.07) is 11.1. The van der Waals surface area contributed by atoms with E-state index in [-0.39, 0.29) is 29.6 Å². The molecular formula is C18H14F4N2O. The zero-order chi connectivity index (χ0) is 18.0. The summed E-state index contributed by atoms with van der Waals surface area (Å²) in [5, 5.41) is 2.83. The van der Waals surface area contributed by atoms with Gasteiger partial charge in [-0.25, -0.2) is 4.39 Å². The van der Waals surface area contributed by atoms with Gasteiger partial charge in [-0.2, -0.15) is 13.2 Å². The number of halogens is 4. The Hall–Kier alpha value is -2.83. The van der Waals surface area contributed by atoms with Crippen LogP contribution in [0.1, 0.15) is 21.6 Å². The van der Waals surface area contributed by atoms with Gasteiger partial charge in [0.1, 0.15) is 11.5 Å². The highest BCUT2D eigenvalue weighted by Crippen LogP contribution is 2.31. The molecule has 3 rings (SSSR count). The number of carbonyl (C=O) groups excluding carboxylic acids is 1. The van der Waals surface area contributed by atoms with Crippen LogP contribution in [0, 0.1) is 5.82 Å². The number of rotatable bonds is 4. The van der Waals surface area contributed by atoms with Gasteiger partial charge in [-0.1, -0.05) is 24.3 Å². The van der Waals surface area contributed by atoms with Crippen LogP contribution in [0.5, 0.6) is 0 Å². The molecule has 0 radical (unpaired) electrons. The number of amides is 1. The molecule has 1 aromatic heterocycles. The van der Waals surface area contributed by atoms with Crippen LogP contribution in [-0.4, -0.2) is 17.4 Å². The molecule has 2 aromatic carbocycles. The number of benzene rings is 2. The SMILES string of the molecule is O=C(NCCc1ccccc1C(F)(F)F)c1cc2c(F)cccc2[nH]1. The first-order valence-electron chi connectivity index (χ1n) is 7.57. The Balaban J connectivity index is 1.68.